The number of carbonyl (C=O) groups excluding carboxylic acids is 4. The highest BCUT2D eigenvalue weighted by Gasteiger charge is 2.15. The second-order valence-corrected chi connectivity index (χ2v) is 9.43. The van der Waals surface area contributed by atoms with Crippen molar-refractivity contribution < 1.29 is 38.1 Å². The van der Waals surface area contributed by atoms with Crippen LogP contribution in [-0.2, 0) is 23.7 Å². The van der Waals surface area contributed by atoms with E-state index in [1.54, 1.807) is 50.2 Å². The predicted octanol–water partition coefficient (Wildman–Crippen LogP) is 5.81. The molecule has 0 spiro atoms. The van der Waals surface area contributed by atoms with E-state index < -0.39 is 30.1 Å². The van der Waals surface area contributed by atoms with Gasteiger partial charge in [-0.25, -0.2) is 14.4 Å². The van der Waals surface area contributed by atoms with Crippen molar-refractivity contribution in [1.29, 1.82) is 0 Å². The zero-order valence-electron chi connectivity index (χ0n) is 23.8. The summed E-state index contributed by atoms with van der Waals surface area (Å²) in [5, 5.41) is 0. The van der Waals surface area contributed by atoms with Crippen molar-refractivity contribution in [3.8, 4) is 0 Å². The van der Waals surface area contributed by atoms with Crippen LogP contribution in [0.2, 0.25) is 0 Å². The molecule has 0 heterocycles. The van der Waals surface area contributed by atoms with E-state index in [9.17, 15) is 19.2 Å². The summed E-state index contributed by atoms with van der Waals surface area (Å²) in [6.45, 7) is 10.6. The van der Waals surface area contributed by atoms with Crippen LogP contribution in [0.4, 0.5) is 0 Å². The summed E-state index contributed by atoms with van der Waals surface area (Å²) in [6, 6.07) is 21.3. The Morgan fingerprint density at radius 1 is 0.525 bits per heavy atom. The number of esters is 4. The molecule has 40 heavy (non-hydrogen) atoms. The van der Waals surface area contributed by atoms with Crippen LogP contribution in [0.5, 0.6) is 0 Å². The topological polar surface area (TPSA) is 105 Å². The number of aryl methyl sites for hydroxylation is 3. The zero-order valence-corrected chi connectivity index (χ0v) is 23.8. The fourth-order valence-corrected chi connectivity index (χ4v) is 3.22. The van der Waals surface area contributed by atoms with E-state index in [1.807, 2.05) is 57.2 Å². The van der Waals surface area contributed by atoms with Crippen molar-refractivity contribution in [2.75, 3.05) is 13.2 Å². The quantitative estimate of drug-likeness (QED) is 0.244. The maximum Gasteiger partial charge on any atom is 0.338 e. The van der Waals surface area contributed by atoms with Gasteiger partial charge in [-0.2, -0.15) is 0 Å². The molecule has 3 aromatic rings. The van der Waals surface area contributed by atoms with E-state index in [4.69, 9.17) is 18.9 Å². The van der Waals surface area contributed by atoms with Gasteiger partial charge in [-0.3, -0.25) is 4.79 Å². The Hall–Kier alpha value is -4.46. The van der Waals surface area contributed by atoms with E-state index in [-0.39, 0.29) is 19.2 Å². The lowest BCUT2D eigenvalue weighted by molar-refractivity contribution is -0.147. The van der Waals surface area contributed by atoms with Crippen molar-refractivity contribution in [2.45, 2.75) is 53.8 Å². The number of benzene rings is 3. The molecule has 0 aliphatic carbocycles. The molecule has 0 N–H and O–H groups in total. The molecular formula is C32H36O8. The van der Waals surface area contributed by atoms with Gasteiger partial charge in [0.1, 0.15) is 25.4 Å². The van der Waals surface area contributed by atoms with E-state index in [0.717, 1.165) is 16.7 Å². The first-order valence-corrected chi connectivity index (χ1v) is 12.9. The van der Waals surface area contributed by atoms with Crippen LogP contribution in [0.3, 0.4) is 0 Å². The third kappa shape index (κ3) is 11.5. The van der Waals surface area contributed by atoms with Crippen LogP contribution in [0.1, 0.15) is 68.5 Å². The van der Waals surface area contributed by atoms with E-state index in [1.165, 1.54) is 6.92 Å². The van der Waals surface area contributed by atoms with Gasteiger partial charge in [-0.05, 0) is 71.0 Å². The van der Waals surface area contributed by atoms with Gasteiger partial charge in [-0.1, -0.05) is 53.1 Å². The first kappa shape index (κ1) is 31.8. The van der Waals surface area contributed by atoms with E-state index in [2.05, 4.69) is 0 Å². The summed E-state index contributed by atoms with van der Waals surface area (Å²) >= 11 is 0. The Bertz CT molecular complexity index is 1260. The van der Waals surface area contributed by atoms with Crippen LogP contribution in [-0.4, -0.2) is 49.3 Å². The van der Waals surface area contributed by atoms with Crippen LogP contribution in [0, 0.1) is 20.8 Å². The van der Waals surface area contributed by atoms with Crippen molar-refractivity contribution in [3.63, 3.8) is 0 Å². The van der Waals surface area contributed by atoms with Crippen molar-refractivity contribution in [2.24, 2.45) is 0 Å². The maximum atomic E-state index is 12.0. The number of hydrogen-bond donors (Lipinski definition) is 0. The molecule has 8 nitrogen and oxygen atoms in total. The standard InChI is InChI=1S/C19H20O4.C13H16O4/c1-13-4-8-16(9-5-13)18(20)22-12-15(3)23-19(21)17-10-6-14(2)7-11-17;1-9-4-6-12(7-5-9)13(15)16-8-10(2)17-11(3)14/h4-11,15H,12H2,1-3H3;4-7,10H,8H2,1-3H3. The van der Waals surface area contributed by atoms with Crippen molar-refractivity contribution in [1.82, 2.24) is 0 Å². The van der Waals surface area contributed by atoms with Crippen molar-refractivity contribution in [3.05, 3.63) is 106 Å². The predicted molar refractivity (Wildman–Crippen MR) is 150 cm³/mol. The summed E-state index contributed by atoms with van der Waals surface area (Å²) in [7, 11) is 0. The first-order chi connectivity index (χ1) is 18.9. The van der Waals surface area contributed by atoms with Crippen LogP contribution in [0.15, 0.2) is 72.8 Å². The monoisotopic (exact) mass is 548 g/mol. The highest BCUT2D eigenvalue weighted by Crippen LogP contribution is 2.09. The molecular weight excluding hydrogens is 512 g/mol. The summed E-state index contributed by atoms with van der Waals surface area (Å²) < 4.78 is 20.3. The van der Waals surface area contributed by atoms with Gasteiger partial charge in [0.05, 0.1) is 16.7 Å². The van der Waals surface area contributed by atoms with Gasteiger partial charge in [0.25, 0.3) is 0 Å². The molecule has 3 rings (SSSR count). The second kappa shape index (κ2) is 15.8. The zero-order chi connectivity index (χ0) is 29.7. The summed E-state index contributed by atoms with van der Waals surface area (Å²) in [5.41, 5.74) is 4.67. The lowest BCUT2D eigenvalue weighted by Crippen LogP contribution is -2.22. The largest absolute Gasteiger partial charge is 0.459 e. The minimum Gasteiger partial charge on any atom is -0.459 e. The number of carbonyl (C=O) groups is 4. The minimum absolute atomic E-state index is 0.0182. The normalized spacial score (nSPS) is 11.7. The average Bonchev–Trinajstić information content (AvgIpc) is 2.91. The molecule has 0 aliphatic rings. The fraction of sp³-hybridized carbons (Fsp3) is 0.312. The van der Waals surface area contributed by atoms with E-state index in [0.29, 0.717) is 16.7 Å². The number of hydrogen-bond acceptors (Lipinski definition) is 8. The highest BCUT2D eigenvalue weighted by molar-refractivity contribution is 5.90. The average molecular weight is 549 g/mol. The molecule has 0 fully saturated rings. The summed E-state index contributed by atoms with van der Waals surface area (Å²) in [5.74, 6) is -1.65. The van der Waals surface area contributed by atoms with Gasteiger partial charge in [0, 0.05) is 6.92 Å². The molecule has 0 saturated heterocycles. The van der Waals surface area contributed by atoms with Gasteiger partial charge in [0.15, 0.2) is 0 Å². The lowest BCUT2D eigenvalue weighted by Gasteiger charge is -2.14. The Morgan fingerprint density at radius 3 is 1.15 bits per heavy atom. The summed E-state index contributed by atoms with van der Waals surface area (Å²) in [4.78, 5) is 46.1. The molecule has 2 unspecified atom stereocenters. The van der Waals surface area contributed by atoms with Crippen LogP contribution in [0.25, 0.3) is 0 Å². The maximum absolute atomic E-state index is 12.0. The summed E-state index contributed by atoms with van der Waals surface area (Å²) in [6.07, 6.45) is -0.944. The molecule has 212 valence electrons. The molecule has 3 aromatic carbocycles. The number of rotatable bonds is 9. The Labute approximate surface area is 235 Å². The lowest BCUT2D eigenvalue weighted by atomic mass is 10.1. The SMILES string of the molecule is CC(=O)OC(C)COC(=O)c1ccc(C)cc1.Cc1ccc(C(=O)OCC(C)OC(=O)c2ccc(C)cc2)cc1. The first-order valence-electron chi connectivity index (χ1n) is 12.9. The molecule has 0 amide bonds. The van der Waals surface area contributed by atoms with E-state index >= 15 is 0 Å². The second-order valence-electron chi connectivity index (χ2n) is 9.43. The molecule has 0 bridgehead atoms. The van der Waals surface area contributed by atoms with Gasteiger partial charge < -0.3 is 18.9 Å². The van der Waals surface area contributed by atoms with Gasteiger partial charge >= 0.3 is 23.9 Å². The third-order valence-corrected chi connectivity index (χ3v) is 5.44. The van der Waals surface area contributed by atoms with Crippen LogP contribution < -0.4 is 0 Å². The smallest absolute Gasteiger partial charge is 0.338 e. The Kier molecular flexibility index (Phi) is 12.6. The van der Waals surface area contributed by atoms with Crippen molar-refractivity contribution >= 4 is 23.9 Å². The molecule has 0 radical (unpaired) electrons. The number of ether oxygens (including phenoxy) is 4. The fourth-order valence-electron chi connectivity index (χ4n) is 3.22. The molecule has 0 aliphatic heterocycles. The van der Waals surface area contributed by atoms with Gasteiger partial charge in [0.2, 0.25) is 0 Å². The molecule has 2 atom stereocenters. The molecule has 0 saturated carbocycles. The van der Waals surface area contributed by atoms with Crippen LogP contribution >= 0.6 is 0 Å². The molecule has 8 heteroatoms. The Balaban J connectivity index is 0.000000294. The molecule has 0 aromatic heterocycles. The minimum atomic E-state index is -0.516. The Morgan fingerprint density at radius 2 is 0.825 bits per heavy atom. The van der Waals surface area contributed by atoms with Gasteiger partial charge in [-0.15, -0.1) is 0 Å². The highest BCUT2D eigenvalue weighted by atomic mass is 16.6. The third-order valence-electron chi connectivity index (χ3n) is 5.44.